The SMILES string of the molecule is COC(=O)c1cc(C(C)=O)n2c3ccccc3n(Cc3ccccc3)c12. The largest absolute Gasteiger partial charge is 0.465 e. The van der Waals surface area contributed by atoms with Gasteiger partial charge in [-0.15, -0.1) is 0 Å². The van der Waals surface area contributed by atoms with E-state index in [9.17, 15) is 9.59 Å². The monoisotopic (exact) mass is 346 g/mol. The van der Waals surface area contributed by atoms with Crippen LogP contribution < -0.4 is 0 Å². The van der Waals surface area contributed by atoms with Gasteiger partial charge in [0.05, 0.1) is 23.8 Å². The molecule has 0 atom stereocenters. The number of benzene rings is 2. The molecule has 4 aromatic rings. The zero-order valence-electron chi connectivity index (χ0n) is 14.6. The van der Waals surface area contributed by atoms with Crippen LogP contribution in [0.5, 0.6) is 0 Å². The molecule has 130 valence electrons. The highest BCUT2D eigenvalue weighted by molar-refractivity contribution is 6.05. The van der Waals surface area contributed by atoms with E-state index < -0.39 is 5.97 Å². The maximum atomic E-state index is 12.4. The molecule has 0 spiro atoms. The predicted molar refractivity (Wildman–Crippen MR) is 99.8 cm³/mol. The molecule has 0 bridgehead atoms. The van der Waals surface area contributed by atoms with Crippen molar-refractivity contribution < 1.29 is 14.3 Å². The number of imidazole rings is 1. The summed E-state index contributed by atoms with van der Waals surface area (Å²) >= 11 is 0. The third-order valence-corrected chi connectivity index (χ3v) is 4.59. The molecule has 2 aromatic carbocycles. The van der Waals surface area contributed by atoms with E-state index in [0.717, 1.165) is 16.6 Å². The van der Waals surface area contributed by atoms with Gasteiger partial charge in [0.15, 0.2) is 5.78 Å². The molecular formula is C21H18N2O3. The number of Topliss-reactive ketones (excluding diaryl/α,β-unsaturated/α-hetero) is 1. The summed E-state index contributed by atoms with van der Waals surface area (Å²) in [6.45, 7) is 2.09. The lowest BCUT2D eigenvalue weighted by Gasteiger charge is -2.07. The number of carbonyl (C=O) groups excluding carboxylic acids is 2. The maximum absolute atomic E-state index is 12.4. The lowest BCUT2D eigenvalue weighted by Crippen LogP contribution is -2.06. The lowest BCUT2D eigenvalue weighted by atomic mass is 10.2. The summed E-state index contributed by atoms with van der Waals surface area (Å²) in [6.07, 6.45) is 0. The molecule has 0 amide bonds. The number of rotatable bonds is 4. The van der Waals surface area contributed by atoms with E-state index in [-0.39, 0.29) is 5.78 Å². The maximum Gasteiger partial charge on any atom is 0.341 e. The summed E-state index contributed by atoms with van der Waals surface area (Å²) in [5.74, 6) is -0.551. The minimum atomic E-state index is -0.452. The molecule has 2 heterocycles. The van der Waals surface area contributed by atoms with Gasteiger partial charge in [0.2, 0.25) is 0 Å². The van der Waals surface area contributed by atoms with Gasteiger partial charge in [-0.1, -0.05) is 42.5 Å². The van der Waals surface area contributed by atoms with Crippen LogP contribution in [0, 0.1) is 0 Å². The molecule has 5 nitrogen and oxygen atoms in total. The Balaban J connectivity index is 2.10. The topological polar surface area (TPSA) is 52.7 Å². The second-order valence-corrected chi connectivity index (χ2v) is 6.21. The van der Waals surface area contributed by atoms with Gasteiger partial charge in [-0.2, -0.15) is 0 Å². The summed E-state index contributed by atoms with van der Waals surface area (Å²) in [5, 5.41) is 0. The molecule has 4 rings (SSSR count). The van der Waals surface area contributed by atoms with Crippen LogP contribution in [0.25, 0.3) is 16.7 Å². The fraction of sp³-hybridized carbons (Fsp3) is 0.143. The molecule has 26 heavy (non-hydrogen) atoms. The van der Waals surface area contributed by atoms with Crippen LogP contribution in [0.4, 0.5) is 0 Å². The highest BCUT2D eigenvalue weighted by atomic mass is 16.5. The Bertz CT molecular complexity index is 1140. The van der Waals surface area contributed by atoms with Gasteiger partial charge < -0.3 is 9.30 Å². The van der Waals surface area contributed by atoms with Crippen LogP contribution in [0.15, 0.2) is 60.7 Å². The zero-order chi connectivity index (χ0) is 18.3. The average molecular weight is 346 g/mol. The summed E-state index contributed by atoms with van der Waals surface area (Å²) in [6, 6.07) is 19.5. The molecule has 0 saturated carbocycles. The van der Waals surface area contributed by atoms with Crippen LogP contribution in [0.1, 0.15) is 33.3 Å². The number of ketones is 1. The highest BCUT2D eigenvalue weighted by Crippen LogP contribution is 2.29. The predicted octanol–water partition coefficient (Wildman–Crippen LogP) is 3.93. The molecule has 2 aromatic heterocycles. The number of hydrogen-bond acceptors (Lipinski definition) is 3. The van der Waals surface area contributed by atoms with Gasteiger partial charge in [0.1, 0.15) is 11.2 Å². The Kier molecular flexibility index (Phi) is 3.84. The van der Waals surface area contributed by atoms with Gasteiger partial charge in [-0.05, 0) is 23.8 Å². The fourth-order valence-corrected chi connectivity index (χ4v) is 3.45. The fourth-order valence-electron chi connectivity index (χ4n) is 3.45. The van der Waals surface area contributed by atoms with Crippen molar-refractivity contribution in [1.82, 2.24) is 8.97 Å². The summed E-state index contributed by atoms with van der Waals surface area (Å²) in [5.41, 5.74) is 4.50. The number of carbonyl (C=O) groups is 2. The molecule has 5 heteroatoms. The summed E-state index contributed by atoms with van der Waals surface area (Å²) in [4.78, 5) is 24.6. The van der Waals surface area contributed by atoms with Crippen LogP contribution in [-0.2, 0) is 11.3 Å². The molecule has 0 aliphatic carbocycles. The third kappa shape index (κ3) is 2.40. The average Bonchev–Trinajstić information content (AvgIpc) is 3.19. The minimum Gasteiger partial charge on any atom is -0.465 e. The van der Waals surface area contributed by atoms with E-state index in [1.807, 2.05) is 59.0 Å². The smallest absolute Gasteiger partial charge is 0.341 e. The van der Waals surface area contributed by atoms with Crippen molar-refractivity contribution in [2.75, 3.05) is 7.11 Å². The van der Waals surface area contributed by atoms with E-state index in [1.54, 1.807) is 6.07 Å². The van der Waals surface area contributed by atoms with Gasteiger partial charge in [0.25, 0.3) is 0 Å². The molecular weight excluding hydrogens is 328 g/mol. The number of nitrogens with zero attached hydrogens (tertiary/aromatic N) is 2. The van der Waals surface area contributed by atoms with Gasteiger partial charge >= 0.3 is 5.97 Å². The van der Waals surface area contributed by atoms with E-state index in [0.29, 0.717) is 23.4 Å². The molecule has 0 fully saturated rings. The summed E-state index contributed by atoms with van der Waals surface area (Å²) < 4.78 is 8.87. The number of hydrogen-bond donors (Lipinski definition) is 0. The number of ether oxygens (including phenoxy) is 1. The van der Waals surface area contributed by atoms with Crippen molar-refractivity contribution in [1.29, 1.82) is 0 Å². The zero-order valence-corrected chi connectivity index (χ0v) is 14.6. The number of fused-ring (bicyclic) bond motifs is 3. The Morgan fingerprint density at radius 2 is 1.62 bits per heavy atom. The third-order valence-electron chi connectivity index (χ3n) is 4.59. The van der Waals surface area contributed by atoms with Crippen LogP contribution in [0.2, 0.25) is 0 Å². The highest BCUT2D eigenvalue weighted by Gasteiger charge is 2.24. The second-order valence-electron chi connectivity index (χ2n) is 6.21. The first kappa shape index (κ1) is 16.1. The van der Waals surface area contributed by atoms with Crippen molar-refractivity contribution in [3.63, 3.8) is 0 Å². The number of methoxy groups -OCH3 is 1. The molecule has 0 N–H and O–H groups in total. The molecule has 0 saturated heterocycles. The van der Waals surface area contributed by atoms with Gasteiger partial charge in [-0.3, -0.25) is 9.20 Å². The molecule has 0 radical (unpaired) electrons. The Labute approximate surface area is 150 Å². The number of para-hydroxylation sites is 2. The van der Waals surface area contributed by atoms with Crippen LogP contribution in [0.3, 0.4) is 0 Å². The normalized spacial score (nSPS) is 11.2. The summed E-state index contributed by atoms with van der Waals surface area (Å²) in [7, 11) is 1.35. The quantitative estimate of drug-likeness (QED) is 0.415. The minimum absolute atomic E-state index is 0.0993. The van der Waals surface area contributed by atoms with E-state index in [1.165, 1.54) is 14.0 Å². The molecule has 0 unspecified atom stereocenters. The molecule has 0 aliphatic heterocycles. The van der Waals surface area contributed by atoms with Crippen molar-refractivity contribution >= 4 is 28.4 Å². The number of esters is 1. The van der Waals surface area contributed by atoms with E-state index >= 15 is 0 Å². The Hall–Kier alpha value is -3.34. The van der Waals surface area contributed by atoms with Crippen molar-refractivity contribution in [3.05, 3.63) is 77.5 Å². The first-order chi connectivity index (χ1) is 12.6. The van der Waals surface area contributed by atoms with Crippen LogP contribution in [-0.4, -0.2) is 27.8 Å². The van der Waals surface area contributed by atoms with E-state index in [2.05, 4.69) is 4.57 Å². The first-order valence-electron chi connectivity index (χ1n) is 8.37. The van der Waals surface area contributed by atoms with Crippen LogP contribution >= 0.6 is 0 Å². The standard InChI is InChI=1S/C21H18N2O3/c1-14(24)19-12-16(21(25)26-2)20-22(13-15-8-4-3-5-9-15)17-10-6-7-11-18(17)23(19)20/h3-12H,13H2,1-2H3. The number of aromatic nitrogens is 2. The van der Waals surface area contributed by atoms with Crippen molar-refractivity contribution in [2.24, 2.45) is 0 Å². The first-order valence-corrected chi connectivity index (χ1v) is 8.37. The Morgan fingerprint density at radius 3 is 2.27 bits per heavy atom. The van der Waals surface area contributed by atoms with Crippen molar-refractivity contribution in [3.8, 4) is 0 Å². The van der Waals surface area contributed by atoms with Gasteiger partial charge in [0, 0.05) is 13.5 Å². The lowest BCUT2D eigenvalue weighted by molar-refractivity contribution is 0.0602. The van der Waals surface area contributed by atoms with Crippen molar-refractivity contribution in [2.45, 2.75) is 13.5 Å². The second kappa shape index (κ2) is 6.19. The Morgan fingerprint density at radius 1 is 0.962 bits per heavy atom. The van der Waals surface area contributed by atoms with Gasteiger partial charge in [-0.25, -0.2) is 4.79 Å². The van der Waals surface area contributed by atoms with E-state index in [4.69, 9.17) is 4.74 Å². The molecule has 0 aliphatic rings.